The molecule has 0 aromatic heterocycles. The molecule has 0 spiro atoms. The molecule has 6 nitrogen and oxygen atoms in total. The van der Waals surface area contributed by atoms with Crippen LogP contribution in [0.2, 0.25) is 0 Å². The van der Waals surface area contributed by atoms with Crippen LogP contribution in [0, 0.1) is 0 Å². The number of amides is 2. The smallest absolute Gasteiger partial charge is 0.316 e. The number of nitrogens with one attached hydrogen (secondary N) is 1. The molecule has 1 aliphatic rings. The molecule has 2 aromatic carbocycles. The average Bonchev–Trinajstić information content (AvgIpc) is 2.74. The standard InChI is InChI=1S/C22H30N4O2S/c1-29-21-10-9-17(16-19(21)24-22(23)28)20(27)8-5-11-25-12-14-26(15-13-25)18-6-3-2-4-7-18/h2-4,6-7,9-10,16,20,27H,5,8,11-15H2,1H3,(H3,23,24,28). The van der Waals surface area contributed by atoms with E-state index < -0.39 is 12.1 Å². The minimum absolute atomic E-state index is 0.551. The SMILES string of the molecule is CSc1ccc(C(O)CCCN2CCN(c3ccccc3)CC2)cc1NC(N)=O. The number of piperazine rings is 1. The predicted molar refractivity (Wildman–Crippen MR) is 121 cm³/mol. The number of thioether (sulfide) groups is 1. The lowest BCUT2D eigenvalue weighted by Gasteiger charge is -2.36. The number of urea groups is 1. The van der Waals surface area contributed by atoms with E-state index in [1.807, 2.05) is 30.5 Å². The van der Waals surface area contributed by atoms with E-state index in [4.69, 9.17) is 5.73 Å². The second-order valence-corrected chi connectivity index (χ2v) is 8.12. The molecule has 7 heteroatoms. The van der Waals surface area contributed by atoms with Crippen LogP contribution in [0.1, 0.15) is 24.5 Å². The minimum atomic E-state index is -0.596. The average molecular weight is 415 g/mol. The number of aliphatic hydroxyl groups is 1. The van der Waals surface area contributed by atoms with Crippen molar-refractivity contribution in [3.63, 3.8) is 0 Å². The van der Waals surface area contributed by atoms with Crippen LogP contribution in [0.4, 0.5) is 16.2 Å². The number of carbonyl (C=O) groups excluding carboxylic acids is 1. The predicted octanol–water partition coefficient (Wildman–Crippen LogP) is 3.53. The number of hydrogen-bond donors (Lipinski definition) is 3. The highest BCUT2D eigenvalue weighted by Gasteiger charge is 2.17. The van der Waals surface area contributed by atoms with Gasteiger partial charge in [0.15, 0.2) is 0 Å². The molecule has 1 saturated heterocycles. The molecule has 1 aliphatic heterocycles. The first kappa shape index (κ1) is 21.5. The molecular formula is C22H30N4O2S. The van der Waals surface area contributed by atoms with Gasteiger partial charge in [0.2, 0.25) is 0 Å². The number of nitrogens with two attached hydrogens (primary N) is 1. The first-order chi connectivity index (χ1) is 14.1. The Balaban J connectivity index is 1.45. The molecule has 1 atom stereocenters. The van der Waals surface area contributed by atoms with Gasteiger partial charge in [-0.3, -0.25) is 4.90 Å². The van der Waals surface area contributed by atoms with Crippen LogP contribution in [-0.2, 0) is 0 Å². The van der Waals surface area contributed by atoms with Gasteiger partial charge >= 0.3 is 6.03 Å². The number of para-hydroxylation sites is 1. The van der Waals surface area contributed by atoms with Crippen molar-refractivity contribution in [3.8, 4) is 0 Å². The lowest BCUT2D eigenvalue weighted by molar-refractivity contribution is 0.154. The van der Waals surface area contributed by atoms with E-state index in [1.165, 1.54) is 17.4 Å². The number of carbonyl (C=O) groups is 1. The Kier molecular flexibility index (Phi) is 7.80. The zero-order chi connectivity index (χ0) is 20.6. The summed E-state index contributed by atoms with van der Waals surface area (Å²) in [6, 6.07) is 15.6. The van der Waals surface area contributed by atoms with Crippen LogP contribution >= 0.6 is 11.8 Å². The third kappa shape index (κ3) is 6.13. The molecule has 1 fully saturated rings. The second-order valence-electron chi connectivity index (χ2n) is 7.27. The fourth-order valence-electron chi connectivity index (χ4n) is 3.71. The summed E-state index contributed by atoms with van der Waals surface area (Å²) in [5, 5.41) is 13.2. The van der Waals surface area contributed by atoms with Crippen molar-refractivity contribution < 1.29 is 9.90 Å². The van der Waals surface area contributed by atoms with Crippen molar-refractivity contribution in [2.45, 2.75) is 23.8 Å². The lowest BCUT2D eigenvalue weighted by Crippen LogP contribution is -2.46. The van der Waals surface area contributed by atoms with E-state index in [1.54, 1.807) is 0 Å². The third-order valence-electron chi connectivity index (χ3n) is 5.31. The van der Waals surface area contributed by atoms with Gasteiger partial charge in [-0.1, -0.05) is 24.3 Å². The molecule has 4 N–H and O–H groups in total. The van der Waals surface area contributed by atoms with Gasteiger partial charge in [-0.2, -0.15) is 0 Å². The molecule has 2 aromatic rings. The number of aliphatic hydroxyl groups excluding tert-OH is 1. The van der Waals surface area contributed by atoms with Gasteiger partial charge in [0, 0.05) is 36.8 Å². The summed E-state index contributed by atoms with van der Waals surface area (Å²) in [5.41, 5.74) is 8.00. The van der Waals surface area contributed by atoms with E-state index in [-0.39, 0.29) is 0 Å². The fourth-order valence-corrected chi connectivity index (χ4v) is 4.24. The largest absolute Gasteiger partial charge is 0.388 e. The summed E-state index contributed by atoms with van der Waals surface area (Å²) < 4.78 is 0. The number of primary amides is 1. The molecule has 0 aliphatic carbocycles. The van der Waals surface area contributed by atoms with Crippen molar-refractivity contribution in [2.75, 3.05) is 49.2 Å². The number of benzene rings is 2. The van der Waals surface area contributed by atoms with Crippen LogP contribution in [0.15, 0.2) is 53.4 Å². The van der Waals surface area contributed by atoms with E-state index in [2.05, 4.69) is 39.4 Å². The second kappa shape index (κ2) is 10.5. The maximum Gasteiger partial charge on any atom is 0.316 e. The van der Waals surface area contributed by atoms with Gasteiger partial charge in [0.25, 0.3) is 0 Å². The topological polar surface area (TPSA) is 81.8 Å². The number of hydrogen-bond acceptors (Lipinski definition) is 5. The third-order valence-corrected chi connectivity index (χ3v) is 6.11. The Bertz CT molecular complexity index is 795. The Morgan fingerprint density at radius 1 is 1.17 bits per heavy atom. The first-order valence-corrected chi connectivity index (χ1v) is 11.2. The highest BCUT2D eigenvalue weighted by atomic mass is 32.2. The monoisotopic (exact) mass is 414 g/mol. The Morgan fingerprint density at radius 2 is 1.90 bits per heavy atom. The summed E-state index contributed by atoms with van der Waals surface area (Å²) in [7, 11) is 0. The zero-order valence-electron chi connectivity index (χ0n) is 16.9. The normalized spacial score (nSPS) is 15.9. The van der Waals surface area contributed by atoms with Gasteiger partial charge in [-0.05, 0) is 55.5 Å². The van der Waals surface area contributed by atoms with Crippen LogP contribution < -0.4 is 16.0 Å². The van der Waals surface area contributed by atoms with Gasteiger partial charge in [0.1, 0.15) is 0 Å². The maximum atomic E-state index is 11.2. The van der Waals surface area contributed by atoms with Crippen molar-refractivity contribution in [1.82, 2.24) is 4.90 Å². The number of rotatable bonds is 8. The maximum absolute atomic E-state index is 11.2. The van der Waals surface area contributed by atoms with Crippen LogP contribution in [0.25, 0.3) is 0 Å². The lowest BCUT2D eigenvalue weighted by atomic mass is 10.0. The Labute approximate surface area is 177 Å². The van der Waals surface area contributed by atoms with Crippen molar-refractivity contribution in [1.29, 1.82) is 0 Å². The molecule has 1 heterocycles. The van der Waals surface area contributed by atoms with Gasteiger partial charge in [-0.15, -0.1) is 11.8 Å². The summed E-state index contributed by atoms with van der Waals surface area (Å²) >= 11 is 1.53. The summed E-state index contributed by atoms with van der Waals surface area (Å²) in [5.74, 6) is 0. The molecule has 3 rings (SSSR count). The number of anilines is 2. The van der Waals surface area contributed by atoms with Crippen LogP contribution in [0.5, 0.6) is 0 Å². The molecule has 1 unspecified atom stereocenters. The van der Waals surface area contributed by atoms with Crippen LogP contribution in [0.3, 0.4) is 0 Å². The zero-order valence-corrected chi connectivity index (χ0v) is 17.7. The molecule has 156 valence electrons. The molecule has 2 amide bonds. The van der Waals surface area contributed by atoms with Crippen molar-refractivity contribution >= 4 is 29.2 Å². The van der Waals surface area contributed by atoms with Crippen molar-refractivity contribution in [2.24, 2.45) is 5.73 Å². The molecule has 0 radical (unpaired) electrons. The molecular weight excluding hydrogens is 384 g/mol. The molecule has 0 bridgehead atoms. The summed E-state index contributed by atoms with van der Waals surface area (Å²) in [6.45, 7) is 5.13. The first-order valence-electron chi connectivity index (χ1n) is 10.0. The summed E-state index contributed by atoms with van der Waals surface area (Å²) in [4.78, 5) is 17.0. The highest BCUT2D eigenvalue weighted by Crippen LogP contribution is 2.30. The Hall–Kier alpha value is -2.22. The molecule has 0 saturated carbocycles. The quantitative estimate of drug-likeness (QED) is 0.576. The number of nitrogens with zero attached hydrogens (tertiary/aromatic N) is 2. The van der Waals surface area contributed by atoms with Gasteiger partial charge in [0.05, 0.1) is 11.8 Å². The van der Waals surface area contributed by atoms with Gasteiger partial charge < -0.3 is 21.1 Å². The summed E-state index contributed by atoms with van der Waals surface area (Å²) in [6.07, 6.45) is 3.00. The molecule has 29 heavy (non-hydrogen) atoms. The van der Waals surface area contributed by atoms with E-state index in [9.17, 15) is 9.90 Å². The Morgan fingerprint density at radius 3 is 2.55 bits per heavy atom. The fraction of sp³-hybridized carbons (Fsp3) is 0.409. The minimum Gasteiger partial charge on any atom is -0.388 e. The van der Waals surface area contributed by atoms with Crippen molar-refractivity contribution in [3.05, 3.63) is 54.1 Å². The van der Waals surface area contributed by atoms with Gasteiger partial charge in [-0.25, -0.2) is 4.79 Å². The van der Waals surface area contributed by atoms with E-state index in [0.29, 0.717) is 12.1 Å². The van der Waals surface area contributed by atoms with E-state index >= 15 is 0 Å². The van der Waals surface area contributed by atoms with Crippen LogP contribution in [-0.4, -0.2) is 55.0 Å². The van der Waals surface area contributed by atoms with E-state index in [0.717, 1.165) is 49.6 Å². The highest BCUT2D eigenvalue weighted by molar-refractivity contribution is 7.98.